The lowest BCUT2D eigenvalue weighted by molar-refractivity contribution is -0.143. The van der Waals surface area contributed by atoms with Gasteiger partial charge in [0.1, 0.15) is 12.1 Å². The van der Waals surface area contributed by atoms with Crippen LogP contribution in [-0.4, -0.2) is 46.8 Å². The summed E-state index contributed by atoms with van der Waals surface area (Å²) in [5.41, 5.74) is 7.82. The van der Waals surface area contributed by atoms with Crippen molar-refractivity contribution in [3.63, 3.8) is 0 Å². The van der Waals surface area contributed by atoms with Crippen molar-refractivity contribution < 1.29 is 14.4 Å². The lowest BCUT2D eigenvalue weighted by Crippen LogP contribution is -2.58. The Hall–Kier alpha value is -3.41. The molecule has 2 saturated heterocycles. The van der Waals surface area contributed by atoms with Crippen LogP contribution in [-0.2, 0) is 14.4 Å². The van der Waals surface area contributed by atoms with E-state index in [1.165, 1.54) is 0 Å². The minimum absolute atomic E-state index is 0. The highest BCUT2D eigenvalue weighted by Crippen LogP contribution is 2.35. The van der Waals surface area contributed by atoms with Crippen molar-refractivity contribution in [2.24, 2.45) is 11.7 Å². The summed E-state index contributed by atoms with van der Waals surface area (Å²) in [7, 11) is 0. The summed E-state index contributed by atoms with van der Waals surface area (Å²) in [4.78, 5) is 41.9. The molecule has 4 rings (SSSR count). The molecule has 202 valence electrons. The second kappa shape index (κ2) is 13.4. The number of carbonyl (C=O) groups is 3. The monoisotopic (exact) mass is 537 g/mol. The van der Waals surface area contributed by atoms with Gasteiger partial charge in [-0.2, -0.15) is 5.26 Å². The van der Waals surface area contributed by atoms with Crippen LogP contribution in [0.3, 0.4) is 0 Å². The highest BCUT2D eigenvalue weighted by atomic mass is 35.5. The SMILES string of the molecule is CC[C@H](N)C(=O)N[C@@H]1C(=O)N2[C@@H](CC[C@@H]1CC#N)CC[C@H]2C(=O)NC(c1ccccc1)c1ccccc1.Cl. The molecular formula is C29H36ClN5O3. The Morgan fingerprint density at radius 3 is 2.16 bits per heavy atom. The Labute approximate surface area is 230 Å². The molecule has 0 aliphatic carbocycles. The molecule has 0 bridgehead atoms. The molecule has 2 aliphatic heterocycles. The first-order valence-corrected chi connectivity index (χ1v) is 13.1. The standard InChI is InChI=1S/C29H35N5O3.ClH/c1-2-23(31)27(35)33-26-21(17-18-30)13-14-22-15-16-24(34(22)29(26)37)28(36)32-25(19-9-5-3-6-10-19)20-11-7-4-8-12-20;/h3-12,21-26H,2,13-17,31H2,1H3,(H,32,36)(H,33,35);1H/t21-,22+,23+,24+,26+;/m1./s1. The molecule has 2 fully saturated rings. The highest BCUT2D eigenvalue weighted by Gasteiger charge is 2.47. The van der Waals surface area contributed by atoms with Gasteiger partial charge < -0.3 is 21.3 Å². The molecule has 0 saturated carbocycles. The second-order valence-corrected chi connectivity index (χ2v) is 9.96. The van der Waals surface area contributed by atoms with Crippen molar-refractivity contribution in [3.05, 3.63) is 71.8 Å². The van der Waals surface area contributed by atoms with E-state index in [0.717, 1.165) is 11.1 Å². The van der Waals surface area contributed by atoms with Gasteiger partial charge in [-0.15, -0.1) is 12.4 Å². The zero-order chi connectivity index (χ0) is 26.4. The lowest BCUT2D eigenvalue weighted by Gasteiger charge is -2.33. The Morgan fingerprint density at radius 2 is 1.61 bits per heavy atom. The van der Waals surface area contributed by atoms with Gasteiger partial charge in [-0.25, -0.2) is 0 Å². The molecule has 38 heavy (non-hydrogen) atoms. The number of nitrogens with two attached hydrogens (primary N) is 1. The number of hydrogen-bond donors (Lipinski definition) is 3. The third-order valence-corrected chi connectivity index (χ3v) is 7.65. The average Bonchev–Trinajstić information content (AvgIpc) is 3.32. The minimum Gasteiger partial charge on any atom is -0.343 e. The molecule has 2 aromatic carbocycles. The third kappa shape index (κ3) is 6.35. The number of nitrogens with one attached hydrogen (secondary N) is 2. The van der Waals surface area contributed by atoms with Crippen molar-refractivity contribution in [1.82, 2.24) is 15.5 Å². The molecule has 2 aromatic rings. The number of nitriles is 1. The van der Waals surface area contributed by atoms with Crippen LogP contribution in [0.1, 0.15) is 62.6 Å². The van der Waals surface area contributed by atoms with E-state index in [0.29, 0.717) is 32.1 Å². The van der Waals surface area contributed by atoms with Crippen LogP contribution in [0.4, 0.5) is 0 Å². The quantitative estimate of drug-likeness (QED) is 0.476. The van der Waals surface area contributed by atoms with E-state index < -0.39 is 24.0 Å². The number of amides is 3. The van der Waals surface area contributed by atoms with Gasteiger partial charge in [0.15, 0.2) is 0 Å². The maximum absolute atomic E-state index is 13.9. The minimum atomic E-state index is -0.873. The summed E-state index contributed by atoms with van der Waals surface area (Å²) in [5.74, 6) is -1.24. The van der Waals surface area contributed by atoms with E-state index in [9.17, 15) is 19.6 Å². The molecule has 2 aliphatic rings. The molecule has 5 atom stereocenters. The maximum atomic E-state index is 13.9. The predicted octanol–water partition coefficient (Wildman–Crippen LogP) is 3.22. The lowest BCUT2D eigenvalue weighted by atomic mass is 9.90. The molecule has 8 nitrogen and oxygen atoms in total. The van der Waals surface area contributed by atoms with Crippen molar-refractivity contribution >= 4 is 30.1 Å². The summed E-state index contributed by atoms with van der Waals surface area (Å²) < 4.78 is 0. The fraction of sp³-hybridized carbons (Fsp3) is 0.448. The zero-order valence-electron chi connectivity index (χ0n) is 21.6. The fourth-order valence-corrected chi connectivity index (χ4v) is 5.54. The van der Waals surface area contributed by atoms with Gasteiger partial charge in [0.25, 0.3) is 0 Å². The largest absolute Gasteiger partial charge is 0.343 e. The van der Waals surface area contributed by atoms with Crippen LogP contribution in [0.25, 0.3) is 0 Å². The van der Waals surface area contributed by atoms with E-state index in [4.69, 9.17) is 5.73 Å². The summed E-state index contributed by atoms with van der Waals surface area (Å²) in [6, 6.07) is 19.0. The maximum Gasteiger partial charge on any atom is 0.246 e. The molecular weight excluding hydrogens is 502 g/mol. The summed E-state index contributed by atoms with van der Waals surface area (Å²) in [5, 5.41) is 15.4. The molecule has 4 N–H and O–H groups in total. The summed E-state index contributed by atoms with van der Waals surface area (Å²) in [6.45, 7) is 1.80. The number of halogens is 1. The number of rotatable bonds is 8. The van der Waals surface area contributed by atoms with Gasteiger partial charge in [0, 0.05) is 18.4 Å². The van der Waals surface area contributed by atoms with Crippen LogP contribution in [0.5, 0.6) is 0 Å². The first-order chi connectivity index (χ1) is 17.9. The molecule has 2 heterocycles. The highest BCUT2D eigenvalue weighted by molar-refractivity contribution is 5.94. The van der Waals surface area contributed by atoms with Crippen molar-refractivity contribution in [3.8, 4) is 6.07 Å². The number of benzene rings is 2. The van der Waals surface area contributed by atoms with E-state index in [1.54, 1.807) is 11.8 Å². The number of fused-ring (bicyclic) bond motifs is 1. The molecule has 0 unspecified atom stereocenters. The molecule has 0 radical (unpaired) electrons. The van der Waals surface area contributed by atoms with Crippen LogP contribution in [0.15, 0.2) is 60.7 Å². The molecule has 0 spiro atoms. The summed E-state index contributed by atoms with van der Waals surface area (Å²) >= 11 is 0. The van der Waals surface area contributed by atoms with Crippen molar-refractivity contribution in [2.75, 3.05) is 0 Å². The molecule has 9 heteroatoms. The fourth-order valence-electron chi connectivity index (χ4n) is 5.54. The Bertz CT molecular complexity index is 1100. The Kier molecular flexibility index (Phi) is 10.3. The Balaban J connectivity index is 0.00000400. The number of nitrogens with zero attached hydrogens (tertiary/aromatic N) is 2. The van der Waals surface area contributed by atoms with Gasteiger partial charge in [0.05, 0.1) is 18.2 Å². The van der Waals surface area contributed by atoms with Crippen molar-refractivity contribution in [2.45, 2.75) is 75.7 Å². The van der Waals surface area contributed by atoms with Crippen LogP contribution < -0.4 is 16.4 Å². The summed E-state index contributed by atoms with van der Waals surface area (Å²) in [6.07, 6.45) is 3.16. The van der Waals surface area contributed by atoms with Gasteiger partial charge in [-0.1, -0.05) is 67.6 Å². The molecule has 0 aromatic heterocycles. The van der Waals surface area contributed by atoms with E-state index >= 15 is 0 Å². The number of hydrogen-bond acceptors (Lipinski definition) is 5. The smallest absolute Gasteiger partial charge is 0.246 e. The van der Waals surface area contributed by atoms with E-state index in [-0.39, 0.29) is 48.6 Å². The zero-order valence-corrected chi connectivity index (χ0v) is 22.4. The van der Waals surface area contributed by atoms with Crippen LogP contribution >= 0.6 is 12.4 Å². The van der Waals surface area contributed by atoms with Gasteiger partial charge in [-0.3, -0.25) is 14.4 Å². The Morgan fingerprint density at radius 1 is 1.03 bits per heavy atom. The third-order valence-electron chi connectivity index (χ3n) is 7.65. The topological polar surface area (TPSA) is 128 Å². The van der Waals surface area contributed by atoms with E-state index in [1.807, 2.05) is 60.7 Å². The van der Waals surface area contributed by atoms with Gasteiger partial charge in [0.2, 0.25) is 17.7 Å². The van der Waals surface area contributed by atoms with Crippen LogP contribution in [0, 0.1) is 17.2 Å². The normalized spacial score (nSPS) is 23.4. The predicted molar refractivity (Wildman–Crippen MR) is 147 cm³/mol. The van der Waals surface area contributed by atoms with Gasteiger partial charge in [-0.05, 0) is 43.2 Å². The van der Waals surface area contributed by atoms with Crippen LogP contribution in [0.2, 0.25) is 0 Å². The first kappa shape index (κ1) is 29.2. The van der Waals surface area contributed by atoms with Crippen molar-refractivity contribution in [1.29, 1.82) is 5.26 Å². The molecule has 3 amide bonds. The average molecular weight is 538 g/mol. The second-order valence-electron chi connectivity index (χ2n) is 9.96. The number of carbonyl (C=O) groups excluding carboxylic acids is 3. The van der Waals surface area contributed by atoms with E-state index in [2.05, 4.69) is 16.7 Å². The first-order valence-electron chi connectivity index (χ1n) is 13.1. The van der Waals surface area contributed by atoms with Gasteiger partial charge >= 0.3 is 0 Å².